The van der Waals surface area contributed by atoms with Crippen molar-refractivity contribution in [3.8, 4) is 0 Å². The third kappa shape index (κ3) is 10.6. The van der Waals surface area contributed by atoms with Crippen molar-refractivity contribution in [3.63, 3.8) is 0 Å². The Kier molecular flexibility index (Phi) is 14.8. The monoisotopic (exact) mass is 522 g/mol. The molecule has 0 unspecified atom stereocenters. The van der Waals surface area contributed by atoms with E-state index >= 15 is 0 Å². The summed E-state index contributed by atoms with van der Waals surface area (Å²) in [5.41, 5.74) is 1.98. The fraction of sp³-hybridized carbons (Fsp3) is 0.619. The maximum Gasteiger partial charge on any atom is 0.508 e. The summed E-state index contributed by atoms with van der Waals surface area (Å²) in [6.45, 7) is 7.06. The normalized spacial score (nSPS) is 13.8. The molecule has 0 bridgehead atoms. The van der Waals surface area contributed by atoms with Crippen LogP contribution in [0.15, 0.2) is 24.3 Å². The van der Waals surface area contributed by atoms with Crippen LogP contribution >= 0.6 is 21.6 Å². The van der Waals surface area contributed by atoms with E-state index < -0.39 is 6.16 Å². The molecule has 0 atom stereocenters. The first kappa shape index (κ1) is 28.8. The summed E-state index contributed by atoms with van der Waals surface area (Å²) < 4.78 is 15.1. The summed E-state index contributed by atoms with van der Waals surface area (Å²) in [4.78, 5) is 29.6. The van der Waals surface area contributed by atoms with Gasteiger partial charge in [0.05, 0.1) is 6.61 Å². The topological polar surface area (TPSA) is 71.5 Å². The van der Waals surface area contributed by atoms with Gasteiger partial charge < -0.3 is 24.0 Å². The summed E-state index contributed by atoms with van der Waals surface area (Å²) in [5, 5.41) is 0. The largest absolute Gasteiger partial charge is 0.508 e. The molecule has 1 fully saturated rings. The first-order valence-electron chi connectivity index (χ1n) is 10.5. The van der Waals surface area contributed by atoms with Gasteiger partial charge in [-0.05, 0) is 37.7 Å². The Morgan fingerprint density at radius 2 is 1.50 bits per heavy atom. The van der Waals surface area contributed by atoms with Crippen molar-refractivity contribution in [2.45, 2.75) is 13.3 Å². The molecule has 0 spiro atoms. The number of anilines is 2. The smallest absolute Gasteiger partial charge is 0.448 e. The molecule has 32 heavy (non-hydrogen) atoms. The SMILES string of the molecule is CCCOC(=O)OCCSSCCOC(=O)N(C)c1ccc(N2CCN(C)CC2)cc1.[V]. The van der Waals surface area contributed by atoms with Gasteiger partial charge in [0.2, 0.25) is 0 Å². The van der Waals surface area contributed by atoms with Crippen LogP contribution in [0, 0.1) is 0 Å². The summed E-state index contributed by atoms with van der Waals surface area (Å²) in [6.07, 6.45) is -0.226. The molecular weight excluding hydrogens is 489 g/mol. The molecule has 0 aromatic heterocycles. The number of amides is 1. The van der Waals surface area contributed by atoms with E-state index in [0.29, 0.717) is 31.3 Å². The predicted molar refractivity (Wildman–Crippen MR) is 128 cm³/mol. The van der Waals surface area contributed by atoms with Crippen LogP contribution in [0.1, 0.15) is 13.3 Å². The first-order valence-corrected chi connectivity index (χ1v) is 13.0. The number of carbonyl (C=O) groups is 2. The van der Waals surface area contributed by atoms with Crippen molar-refractivity contribution < 1.29 is 42.4 Å². The summed E-state index contributed by atoms with van der Waals surface area (Å²) >= 11 is 0. The van der Waals surface area contributed by atoms with Gasteiger partial charge >= 0.3 is 12.2 Å². The van der Waals surface area contributed by atoms with Crippen molar-refractivity contribution >= 4 is 45.2 Å². The zero-order valence-electron chi connectivity index (χ0n) is 19.0. The molecule has 1 saturated heterocycles. The number of hydrogen-bond donors (Lipinski definition) is 0. The van der Waals surface area contributed by atoms with Crippen LogP contribution in [0.25, 0.3) is 0 Å². The number of ether oxygens (including phenoxy) is 3. The summed E-state index contributed by atoms with van der Waals surface area (Å²) in [7, 11) is 6.98. The molecule has 1 radical (unpaired) electrons. The molecule has 1 heterocycles. The van der Waals surface area contributed by atoms with Gasteiger partial charge in [-0.1, -0.05) is 28.5 Å². The van der Waals surface area contributed by atoms with Crippen LogP contribution in [-0.2, 0) is 32.8 Å². The molecule has 0 saturated carbocycles. The fourth-order valence-corrected chi connectivity index (χ4v) is 4.47. The van der Waals surface area contributed by atoms with Gasteiger partial charge in [0, 0.05) is 74.7 Å². The number of nitrogens with zero attached hydrogens (tertiary/aromatic N) is 3. The predicted octanol–water partition coefficient (Wildman–Crippen LogP) is 3.95. The Morgan fingerprint density at radius 3 is 2.09 bits per heavy atom. The number of piperazine rings is 1. The van der Waals surface area contributed by atoms with E-state index in [1.807, 2.05) is 19.1 Å². The zero-order chi connectivity index (χ0) is 22.5. The Hall–Kier alpha value is -1.20. The van der Waals surface area contributed by atoms with Crippen molar-refractivity contribution in [1.29, 1.82) is 0 Å². The standard InChI is InChI=1S/C21H33N3O5S2.V/c1-4-13-28-21(26)29-15-17-31-30-16-14-27-20(25)23(3)18-5-7-19(8-6-18)24-11-9-22(2)10-12-24;/h5-8H,4,9-17H2,1-3H3;. The summed E-state index contributed by atoms with van der Waals surface area (Å²) in [6, 6.07) is 8.00. The maximum atomic E-state index is 12.3. The van der Waals surface area contributed by atoms with Gasteiger partial charge in [-0.25, -0.2) is 9.59 Å². The molecular formula is C21H33N3O5S2V. The number of hydrogen-bond acceptors (Lipinski definition) is 9. The number of rotatable bonds is 11. The Bertz CT molecular complexity index is 676. The molecule has 11 heteroatoms. The third-order valence-electron chi connectivity index (χ3n) is 4.67. The van der Waals surface area contributed by atoms with Crippen molar-refractivity contribution in [2.75, 3.05) is 81.4 Å². The Balaban J connectivity index is 0.00000512. The minimum Gasteiger partial charge on any atom is -0.448 e. The Morgan fingerprint density at radius 1 is 0.938 bits per heavy atom. The van der Waals surface area contributed by atoms with E-state index in [4.69, 9.17) is 14.2 Å². The number of carbonyl (C=O) groups excluding carboxylic acids is 2. The van der Waals surface area contributed by atoms with Gasteiger partial charge in [0.25, 0.3) is 0 Å². The van der Waals surface area contributed by atoms with Crippen molar-refractivity contribution in [2.24, 2.45) is 0 Å². The van der Waals surface area contributed by atoms with Gasteiger partial charge in [-0.15, -0.1) is 0 Å². The van der Waals surface area contributed by atoms with E-state index in [0.717, 1.165) is 38.3 Å². The quantitative estimate of drug-likeness (QED) is 0.244. The number of benzene rings is 1. The van der Waals surface area contributed by atoms with Gasteiger partial charge in [0.15, 0.2) is 0 Å². The van der Waals surface area contributed by atoms with E-state index in [9.17, 15) is 9.59 Å². The van der Waals surface area contributed by atoms with Gasteiger partial charge in [-0.2, -0.15) is 0 Å². The van der Waals surface area contributed by atoms with Crippen LogP contribution in [0.2, 0.25) is 0 Å². The van der Waals surface area contributed by atoms with Gasteiger partial charge in [-0.3, -0.25) is 4.90 Å². The zero-order valence-corrected chi connectivity index (χ0v) is 22.1. The van der Waals surface area contributed by atoms with Crippen molar-refractivity contribution in [1.82, 2.24) is 4.90 Å². The van der Waals surface area contributed by atoms with Crippen LogP contribution < -0.4 is 9.80 Å². The van der Waals surface area contributed by atoms with E-state index in [1.165, 1.54) is 10.6 Å². The second kappa shape index (κ2) is 16.4. The van der Waals surface area contributed by atoms with E-state index in [-0.39, 0.29) is 24.6 Å². The first-order chi connectivity index (χ1) is 15.0. The molecule has 2 rings (SSSR count). The van der Waals surface area contributed by atoms with E-state index in [1.54, 1.807) is 28.6 Å². The molecule has 179 valence electrons. The molecule has 8 nitrogen and oxygen atoms in total. The number of likely N-dealkylation sites (N-methyl/N-ethyl adjacent to an activating group) is 1. The Labute approximate surface area is 210 Å². The summed E-state index contributed by atoms with van der Waals surface area (Å²) in [5.74, 6) is 1.31. The molecule has 1 aliphatic rings. The van der Waals surface area contributed by atoms with Crippen molar-refractivity contribution in [3.05, 3.63) is 24.3 Å². The average Bonchev–Trinajstić information content (AvgIpc) is 2.79. The maximum absolute atomic E-state index is 12.3. The molecule has 0 aliphatic carbocycles. The van der Waals surface area contributed by atoms with Crippen LogP contribution in [-0.4, -0.2) is 88.7 Å². The molecule has 1 aliphatic heterocycles. The third-order valence-corrected chi connectivity index (χ3v) is 7.00. The average molecular weight is 523 g/mol. The molecule has 1 amide bonds. The molecule has 0 N–H and O–H groups in total. The van der Waals surface area contributed by atoms with Crippen LogP contribution in [0.5, 0.6) is 0 Å². The van der Waals surface area contributed by atoms with Crippen LogP contribution in [0.4, 0.5) is 21.0 Å². The molecule has 1 aromatic carbocycles. The second-order valence-corrected chi connectivity index (χ2v) is 9.77. The minimum absolute atomic E-state index is 0. The van der Waals surface area contributed by atoms with Gasteiger partial charge in [0.1, 0.15) is 13.2 Å². The van der Waals surface area contributed by atoms with Crippen LogP contribution in [0.3, 0.4) is 0 Å². The fourth-order valence-electron chi connectivity index (χ4n) is 2.82. The second-order valence-electron chi connectivity index (χ2n) is 7.07. The molecule has 1 aromatic rings. The minimum atomic E-state index is -0.624. The van der Waals surface area contributed by atoms with E-state index in [2.05, 4.69) is 29.0 Å².